The van der Waals surface area contributed by atoms with Crippen molar-refractivity contribution in [3.05, 3.63) is 82.4 Å². The number of piperidine rings is 1. The second-order valence-corrected chi connectivity index (χ2v) is 7.87. The molecule has 0 amide bonds. The fourth-order valence-electron chi connectivity index (χ4n) is 4.63. The highest BCUT2D eigenvalue weighted by atomic mass is 15.2. The molecule has 2 heterocycles. The smallest absolute Gasteiger partial charge is 0.0287 e. The molecule has 1 heteroatoms. The van der Waals surface area contributed by atoms with Crippen molar-refractivity contribution in [2.45, 2.75) is 64.6 Å². The molecule has 1 saturated heterocycles. The third kappa shape index (κ3) is 3.57. The van der Waals surface area contributed by atoms with Crippen molar-refractivity contribution in [1.82, 2.24) is 4.90 Å². The summed E-state index contributed by atoms with van der Waals surface area (Å²) in [6.07, 6.45) is 9.04. The first-order valence-electron chi connectivity index (χ1n) is 9.75. The molecule has 1 nitrogen and oxygen atoms in total. The SMILES string of the molecule is Cc1cccc(CC2=CC3CCCC(C2)N3Cc2ccccc2)c1C. The van der Waals surface area contributed by atoms with E-state index in [0.717, 1.165) is 19.0 Å². The summed E-state index contributed by atoms with van der Waals surface area (Å²) in [4.78, 5) is 2.76. The number of hydrogen-bond acceptors (Lipinski definition) is 1. The van der Waals surface area contributed by atoms with Crippen LogP contribution in [0.1, 0.15) is 47.9 Å². The van der Waals surface area contributed by atoms with Gasteiger partial charge in [-0.05, 0) is 61.8 Å². The summed E-state index contributed by atoms with van der Waals surface area (Å²) >= 11 is 0. The molecule has 0 radical (unpaired) electrons. The van der Waals surface area contributed by atoms with Crippen molar-refractivity contribution in [2.24, 2.45) is 0 Å². The first-order valence-corrected chi connectivity index (χ1v) is 9.75. The Labute approximate surface area is 152 Å². The Morgan fingerprint density at radius 2 is 1.80 bits per heavy atom. The van der Waals surface area contributed by atoms with Gasteiger partial charge in [0.05, 0.1) is 0 Å². The van der Waals surface area contributed by atoms with E-state index in [1.807, 2.05) is 0 Å². The molecule has 1 fully saturated rings. The number of benzene rings is 2. The van der Waals surface area contributed by atoms with Gasteiger partial charge in [0.2, 0.25) is 0 Å². The summed E-state index contributed by atoms with van der Waals surface area (Å²) in [7, 11) is 0. The van der Waals surface area contributed by atoms with Gasteiger partial charge in [-0.15, -0.1) is 0 Å². The maximum Gasteiger partial charge on any atom is 0.0287 e. The average Bonchev–Trinajstić information content (AvgIpc) is 2.60. The molecule has 2 aliphatic rings. The van der Waals surface area contributed by atoms with Gasteiger partial charge in [-0.3, -0.25) is 4.90 Å². The predicted octanol–water partition coefficient (Wildman–Crippen LogP) is 5.60. The zero-order valence-corrected chi connectivity index (χ0v) is 15.5. The fourth-order valence-corrected chi connectivity index (χ4v) is 4.63. The van der Waals surface area contributed by atoms with Gasteiger partial charge < -0.3 is 0 Å². The van der Waals surface area contributed by atoms with E-state index >= 15 is 0 Å². The van der Waals surface area contributed by atoms with Gasteiger partial charge in [0.25, 0.3) is 0 Å². The van der Waals surface area contributed by atoms with Crippen LogP contribution in [0.25, 0.3) is 0 Å². The van der Waals surface area contributed by atoms with E-state index in [-0.39, 0.29) is 0 Å². The van der Waals surface area contributed by atoms with Gasteiger partial charge in [0.1, 0.15) is 0 Å². The third-order valence-corrected chi connectivity index (χ3v) is 6.20. The Morgan fingerprint density at radius 1 is 0.960 bits per heavy atom. The van der Waals surface area contributed by atoms with Crippen LogP contribution in [-0.4, -0.2) is 17.0 Å². The summed E-state index contributed by atoms with van der Waals surface area (Å²) < 4.78 is 0. The number of rotatable bonds is 4. The van der Waals surface area contributed by atoms with Crippen LogP contribution in [0.15, 0.2) is 60.2 Å². The van der Waals surface area contributed by atoms with Gasteiger partial charge in [0, 0.05) is 18.6 Å². The van der Waals surface area contributed by atoms with E-state index in [0.29, 0.717) is 6.04 Å². The van der Waals surface area contributed by atoms with Gasteiger partial charge in [-0.2, -0.15) is 0 Å². The number of nitrogens with zero attached hydrogens (tertiary/aromatic N) is 1. The maximum absolute atomic E-state index is 2.76. The van der Waals surface area contributed by atoms with Gasteiger partial charge in [-0.25, -0.2) is 0 Å². The summed E-state index contributed by atoms with van der Waals surface area (Å²) in [5.74, 6) is 0. The maximum atomic E-state index is 2.76. The lowest BCUT2D eigenvalue weighted by Gasteiger charge is -2.45. The average molecular weight is 332 g/mol. The number of fused-ring (bicyclic) bond motifs is 2. The Kier molecular flexibility index (Phi) is 4.76. The van der Waals surface area contributed by atoms with Crippen LogP contribution < -0.4 is 0 Å². The van der Waals surface area contributed by atoms with Crippen molar-refractivity contribution in [3.8, 4) is 0 Å². The fraction of sp³-hybridized carbons (Fsp3) is 0.417. The van der Waals surface area contributed by atoms with Gasteiger partial charge in [-0.1, -0.05) is 66.6 Å². The molecule has 0 spiro atoms. The molecular formula is C24H29N. The van der Waals surface area contributed by atoms with Crippen LogP contribution in [0.4, 0.5) is 0 Å². The second-order valence-electron chi connectivity index (χ2n) is 7.87. The quantitative estimate of drug-likeness (QED) is 0.659. The van der Waals surface area contributed by atoms with E-state index in [4.69, 9.17) is 0 Å². The van der Waals surface area contributed by atoms with Crippen molar-refractivity contribution >= 4 is 0 Å². The molecule has 0 aromatic heterocycles. The Morgan fingerprint density at radius 3 is 2.60 bits per heavy atom. The van der Waals surface area contributed by atoms with Crippen LogP contribution in [0, 0.1) is 13.8 Å². The van der Waals surface area contributed by atoms with Crippen molar-refractivity contribution in [3.63, 3.8) is 0 Å². The highest BCUT2D eigenvalue weighted by Gasteiger charge is 2.33. The lowest BCUT2D eigenvalue weighted by Crippen LogP contribution is -2.48. The standard InChI is InChI=1S/C24H29N/c1-18-8-6-11-22(19(18)2)14-21-15-23-12-7-13-24(16-21)25(23)17-20-9-4-3-5-10-20/h3-6,8-11,15,23-24H,7,12-14,16-17H2,1-2H3. The highest BCUT2D eigenvalue weighted by Crippen LogP contribution is 2.35. The molecule has 2 aromatic rings. The molecular weight excluding hydrogens is 302 g/mol. The summed E-state index contributed by atoms with van der Waals surface area (Å²) in [5, 5.41) is 0. The zero-order valence-electron chi connectivity index (χ0n) is 15.5. The minimum absolute atomic E-state index is 0.632. The Bertz CT molecular complexity index is 759. The third-order valence-electron chi connectivity index (χ3n) is 6.20. The van der Waals surface area contributed by atoms with E-state index in [1.54, 1.807) is 5.57 Å². The topological polar surface area (TPSA) is 3.24 Å². The van der Waals surface area contributed by atoms with E-state index in [1.165, 1.54) is 47.9 Å². The molecule has 0 aliphatic carbocycles. The van der Waals surface area contributed by atoms with E-state index in [2.05, 4.69) is 73.4 Å². The molecule has 2 unspecified atom stereocenters. The Hall–Kier alpha value is -1.86. The number of aryl methyl sites for hydroxylation is 1. The van der Waals surface area contributed by atoms with Gasteiger partial charge in [0.15, 0.2) is 0 Å². The van der Waals surface area contributed by atoms with Gasteiger partial charge >= 0.3 is 0 Å². The normalized spacial score (nSPS) is 23.4. The molecule has 0 N–H and O–H groups in total. The minimum Gasteiger partial charge on any atom is -0.289 e. The van der Waals surface area contributed by atoms with Crippen LogP contribution in [0.5, 0.6) is 0 Å². The largest absolute Gasteiger partial charge is 0.289 e. The van der Waals surface area contributed by atoms with E-state index in [9.17, 15) is 0 Å². The minimum atomic E-state index is 0.632. The van der Waals surface area contributed by atoms with Crippen LogP contribution >= 0.6 is 0 Å². The predicted molar refractivity (Wildman–Crippen MR) is 106 cm³/mol. The first-order chi connectivity index (χ1) is 12.2. The molecule has 130 valence electrons. The molecule has 0 saturated carbocycles. The van der Waals surface area contributed by atoms with Crippen molar-refractivity contribution in [1.29, 1.82) is 0 Å². The lowest BCUT2D eigenvalue weighted by molar-refractivity contribution is 0.0880. The molecule has 2 bridgehead atoms. The molecule has 2 aromatic carbocycles. The second kappa shape index (κ2) is 7.17. The van der Waals surface area contributed by atoms with Crippen molar-refractivity contribution in [2.75, 3.05) is 0 Å². The highest BCUT2D eigenvalue weighted by molar-refractivity contribution is 5.36. The molecule has 25 heavy (non-hydrogen) atoms. The van der Waals surface area contributed by atoms with Crippen LogP contribution in [0.3, 0.4) is 0 Å². The first kappa shape index (κ1) is 16.6. The van der Waals surface area contributed by atoms with Crippen LogP contribution in [-0.2, 0) is 13.0 Å². The summed E-state index contributed by atoms with van der Waals surface area (Å²) in [6, 6.07) is 19.1. The monoisotopic (exact) mass is 331 g/mol. The zero-order chi connectivity index (χ0) is 17.2. The van der Waals surface area contributed by atoms with Crippen LogP contribution in [0.2, 0.25) is 0 Å². The Balaban J connectivity index is 1.54. The molecule has 2 atom stereocenters. The molecule has 4 rings (SSSR count). The van der Waals surface area contributed by atoms with E-state index < -0.39 is 0 Å². The molecule has 2 aliphatic heterocycles. The lowest BCUT2D eigenvalue weighted by atomic mass is 9.82. The number of hydrogen-bond donors (Lipinski definition) is 0. The van der Waals surface area contributed by atoms with Crippen molar-refractivity contribution < 1.29 is 0 Å². The summed E-state index contributed by atoms with van der Waals surface area (Å²) in [5.41, 5.74) is 7.51. The summed E-state index contributed by atoms with van der Waals surface area (Å²) in [6.45, 7) is 5.60.